The molecule has 0 bridgehead atoms. The van der Waals surface area contributed by atoms with Crippen molar-refractivity contribution in [1.29, 1.82) is 0 Å². The molecule has 10 nitrogen and oxygen atoms in total. The fourth-order valence-electron chi connectivity index (χ4n) is 2.96. The van der Waals surface area contributed by atoms with Crippen LogP contribution in [0.4, 0.5) is 0 Å². The van der Waals surface area contributed by atoms with E-state index in [2.05, 4.69) is 33.6 Å². The van der Waals surface area contributed by atoms with Crippen LogP contribution in [-0.4, -0.2) is 53.5 Å². The van der Waals surface area contributed by atoms with Crippen LogP contribution in [0.3, 0.4) is 0 Å². The first-order chi connectivity index (χ1) is 14.3. The highest BCUT2D eigenvalue weighted by molar-refractivity contribution is 7.96. The number of carbonyl (C=O) groups is 4. The summed E-state index contributed by atoms with van der Waals surface area (Å²) in [6.07, 6.45) is 1.57. The molecule has 0 radical (unpaired) electrons. The second kappa shape index (κ2) is 14.7. The topological polar surface area (TPSA) is 169 Å². The van der Waals surface area contributed by atoms with Gasteiger partial charge in [0.2, 0.25) is 22.8 Å². The Morgan fingerprint density at radius 3 is 1.68 bits per heavy atom. The van der Waals surface area contributed by atoms with Crippen LogP contribution in [0.15, 0.2) is 4.99 Å². The Hall–Kier alpha value is -2.30. The monoisotopic (exact) mass is 458 g/mol. The standard InChI is InChI=1S/C20H38N6O4S/c1-11(2)9-15(24-13(5)27)17(28)26-16(10-12(3)4)18(29)25-14(19(30)31)7-6-8-23-20(21)22/h11-12,14-16H,6-10H2,1-5H3,(H,24,27)(H,25,29)(H,26,28)(H,30,31)(H4,21,22,23)/t14-,15-,16+/m1/s1. The average molecular weight is 459 g/mol. The lowest BCUT2D eigenvalue weighted by molar-refractivity contribution is -0.133. The quantitative estimate of drug-likeness (QED) is 0.0931. The number of amides is 3. The molecular formula is C20H38N6O4S. The van der Waals surface area contributed by atoms with Gasteiger partial charge < -0.3 is 27.4 Å². The number of hydrogen-bond donors (Lipinski definition) is 6. The molecule has 0 heterocycles. The minimum Gasteiger partial charge on any atom is -0.370 e. The van der Waals surface area contributed by atoms with E-state index in [0.29, 0.717) is 32.2 Å². The van der Waals surface area contributed by atoms with Crippen LogP contribution in [0.1, 0.15) is 60.3 Å². The van der Waals surface area contributed by atoms with Gasteiger partial charge in [-0.2, -0.15) is 0 Å². The molecule has 7 N–H and O–H groups in total. The third-order valence-corrected chi connectivity index (χ3v) is 4.61. The van der Waals surface area contributed by atoms with E-state index in [-0.39, 0.29) is 23.7 Å². The summed E-state index contributed by atoms with van der Waals surface area (Å²) in [6.45, 7) is 9.36. The van der Waals surface area contributed by atoms with Gasteiger partial charge in [0.1, 0.15) is 12.1 Å². The summed E-state index contributed by atoms with van der Waals surface area (Å²) in [5.74, 6) is -1.03. The molecular weight excluding hydrogens is 420 g/mol. The molecule has 31 heavy (non-hydrogen) atoms. The Kier molecular flexibility index (Phi) is 13.6. The van der Waals surface area contributed by atoms with Gasteiger partial charge in [-0.1, -0.05) is 27.7 Å². The second-order valence-corrected chi connectivity index (χ2v) is 8.86. The van der Waals surface area contributed by atoms with Crippen LogP contribution >= 0.6 is 12.6 Å². The second-order valence-electron chi connectivity index (χ2n) is 8.42. The number of nitrogens with zero attached hydrogens (tertiary/aromatic N) is 1. The Morgan fingerprint density at radius 2 is 1.29 bits per heavy atom. The van der Waals surface area contributed by atoms with E-state index in [0.717, 1.165) is 0 Å². The zero-order chi connectivity index (χ0) is 24.1. The summed E-state index contributed by atoms with van der Waals surface area (Å²) in [5, 5.41) is 7.52. The Balaban J connectivity index is 5.25. The molecule has 0 saturated carbocycles. The molecule has 0 aromatic rings. The largest absolute Gasteiger partial charge is 0.370 e. The zero-order valence-corrected chi connectivity index (χ0v) is 20.0. The number of guanidine groups is 1. The van der Waals surface area contributed by atoms with Crippen molar-refractivity contribution in [1.82, 2.24) is 16.0 Å². The van der Waals surface area contributed by atoms with E-state index in [1.54, 1.807) is 0 Å². The van der Waals surface area contributed by atoms with Gasteiger partial charge in [0.05, 0.1) is 6.04 Å². The number of carbonyl (C=O) groups excluding carboxylic acids is 4. The van der Waals surface area contributed by atoms with Gasteiger partial charge in [0.15, 0.2) is 5.96 Å². The molecule has 0 aromatic carbocycles. The molecule has 0 aliphatic heterocycles. The van der Waals surface area contributed by atoms with Gasteiger partial charge in [-0.3, -0.25) is 24.2 Å². The van der Waals surface area contributed by atoms with Gasteiger partial charge >= 0.3 is 0 Å². The van der Waals surface area contributed by atoms with Crippen molar-refractivity contribution in [2.75, 3.05) is 6.54 Å². The zero-order valence-electron chi connectivity index (χ0n) is 19.1. The number of thiol groups is 1. The molecule has 0 spiro atoms. The SMILES string of the molecule is CC(=O)N[C@H](CC(C)C)C(=O)N[C@@H](CC(C)C)C(=O)N[C@H](CCCN=C(N)N)C(=O)S. The van der Waals surface area contributed by atoms with Crippen molar-refractivity contribution in [3.05, 3.63) is 0 Å². The van der Waals surface area contributed by atoms with Crippen LogP contribution in [-0.2, 0) is 19.2 Å². The van der Waals surface area contributed by atoms with Crippen LogP contribution < -0.4 is 27.4 Å². The summed E-state index contributed by atoms with van der Waals surface area (Å²) in [6, 6.07) is -2.44. The predicted octanol–water partition coefficient (Wildman–Crippen LogP) is 0.0629. The number of hydrogen-bond acceptors (Lipinski definition) is 5. The highest BCUT2D eigenvalue weighted by Crippen LogP contribution is 2.10. The summed E-state index contributed by atoms with van der Waals surface area (Å²) >= 11 is 3.85. The number of rotatable bonds is 14. The molecule has 0 saturated heterocycles. The first kappa shape index (κ1) is 28.7. The lowest BCUT2D eigenvalue weighted by Gasteiger charge is -2.26. The molecule has 0 aliphatic rings. The van der Waals surface area contributed by atoms with Gasteiger partial charge in [0, 0.05) is 13.5 Å². The maximum absolute atomic E-state index is 12.9. The number of nitrogens with two attached hydrogens (primary N) is 2. The van der Waals surface area contributed by atoms with E-state index in [4.69, 9.17) is 11.5 Å². The molecule has 0 rings (SSSR count). The van der Waals surface area contributed by atoms with Crippen molar-refractivity contribution >= 4 is 41.4 Å². The lowest BCUT2D eigenvalue weighted by Crippen LogP contribution is -2.55. The summed E-state index contributed by atoms with van der Waals surface area (Å²) in [4.78, 5) is 52.8. The summed E-state index contributed by atoms with van der Waals surface area (Å²) in [5.41, 5.74) is 10.6. The lowest BCUT2D eigenvalue weighted by atomic mass is 9.99. The van der Waals surface area contributed by atoms with Crippen molar-refractivity contribution in [2.45, 2.75) is 78.4 Å². The smallest absolute Gasteiger partial charge is 0.243 e. The van der Waals surface area contributed by atoms with Gasteiger partial charge in [0.25, 0.3) is 0 Å². The Labute approximate surface area is 190 Å². The number of nitrogens with one attached hydrogen (secondary N) is 3. The molecule has 0 unspecified atom stereocenters. The van der Waals surface area contributed by atoms with E-state index in [1.807, 2.05) is 27.7 Å². The van der Waals surface area contributed by atoms with E-state index >= 15 is 0 Å². The highest BCUT2D eigenvalue weighted by Gasteiger charge is 2.29. The third-order valence-electron chi connectivity index (χ3n) is 4.30. The van der Waals surface area contributed by atoms with Crippen molar-refractivity contribution < 1.29 is 19.2 Å². The third kappa shape index (κ3) is 13.6. The first-order valence-corrected chi connectivity index (χ1v) is 10.9. The van der Waals surface area contributed by atoms with Crippen LogP contribution in [0.25, 0.3) is 0 Å². The molecule has 178 valence electrons. The molecule has 0 aromatic heterocycles. The van der Waals surface area contributed by atoms with E-state index in [9.17, 15) is 19.2 Å². The van der Waals surface area contributed by atoms with E-state index in [1.165, 1.54) is 6.92 Å². The van der Waals surface area contributed by atoms with Gasteiger partial charge in [-0.15, -0.1) is 12.6 Å². The van der Waals surface area contributed by atoms with E-state index < -0.39 is 35.1 Å². The molecule has 3 amide bonds. The minimum absolute atomic E-state index is 0.0485. The van der Waals surface area contributed by atoms with Crippen molar-refractivity contribution in [2.24, 2.45) is 28.3 Å². The maximum Gasteiger partial charge on any atom is 0.243 e. The highest BCUT2D eigenvalue weighted by atomic mass is 32.1. The molecule has 0 fully saturated rings. The fraction of sp³-hybridized carbons (Fsp3) is 0.750. The summed E-state index contributed by atoms with van der Waals surface area (Å²) in [7, 11) is 0. The van der Waals surface area contributed by atoms with Crippen LogP contribution in [0.5, 0.6) is 0 Å². The maximum atomic E-state index is 12.9. The average Bonchev–Trinajstić information content (AvgIpc) is 2.61. The summed E-state index contributed by atoms with van der Waals surface area (Å²) < 4.78 is 0. The minimum atomic E-state index is -0.858. The first-order valence-electron chi connectivity index (χ1n) is 10.5. The van der Waals surface area contributed by atoms with Gasteiger partial charge in [-0.05, 0) is 37.5 Å². The van der Waals surface area contributed by atoms with Crippen molar-refractivity contribution in [3.63, 3.8) is 0 Å². The Bertz CT molecular complexity index is 650. The Morgan fingerprint density at radius 1 is 0.839 bits per heavy atom. The number of aliphatic imine (C=N–C) groups is 1. The fourth-order valence-corrected chi connectivity index (χ4v) is 3.15. The van der Waals surface area contributed by atoms with Crippen LogP contribution in [0.2, 0.25) is 0 Å². The molecule has 0 aliphatic carbocycles. The normalized spacial score (nSPS) is 13.8. The van der Waals surface area contributed by atoms with Crippen molar-refractivity contribution in [3.8, 4) is 0 Å². The predicted molar refractivity (Wildman–Crippen MR) is 124 cm³/mol. The molecule has 3 atom stereocenters. The molecule has 11 heteroatoms. The van der Waals surface area contributed by atoms with Crippen LogP contribution in [0, 0.1) is 11.8 Å². The van der Waals surface area contributed by atoms with Gasteiger partial charge in [-0.25, -0.2) is 0 Å².